The lowest BCUT2D eigenvalue weighted by atomic mass is 10.2. The van der Waals surface area contributed by atoms with Gasteiger partial charge in [0.1, 0.15) is 0 Å². The molecule has 0 bridgehead atoms. The Bertz CT molecular complexity index is 420. The first-order valence-corrected chi connectivity index (χ1v) is 5.55. The topological polar surface area (TPSA) is 29.9 Å². The molecule has 0 atom stereocenters. The number of pyridine rings is 1. The van der Waals surface area contributed by atoms with Crippen LogP contribution in [0.4, 0.5) is 0 Å². The van der Waals surface area contributed by atoms with Gasteiger partial charge < -0.3 is 9.88 Å². The van der Waals surface area contributed by atoms with Crippen LogP contribution in [0.2, 0.25) is 0 Å². The molecule has 0 aliphatic carbocycles. The van der Waals surface area contributed by atoms with Gasteiger partial charge in [0.2, 0.25) is 0 Å². The molecule has 16 heavy (non-hydrogen) atoms. The predicted molar refractivity (Wildman–Crippen MR) is 65.1 cm³/mol. The maximum atomic E-state index is 4.09. The fourth-order valence-electron chi connectivity index (χ4n) is 1.68. The highest BCUT2D eigenvalue weighted by molar-refractivity contribution is 5.10. The molecule has 0 aromatic carbocycles. The van der Waals surface area contributed by atoms with Crippen LogP contribution in [0.15, 0.2) is 43.0 Å². The van der Waals surface area contributed by atoms with Crippen molar-refractivity contribution in [1.82, 2.24) is 14.9 Å². The Morgan fingerprint density at radius 2 is 2.25 bits per heavy atom. The van der Waals surface area contributed by atoms with E-state index in [9.17, 15) is 0 Å². The maximum absolute atomic E-state index is 4.09. The van der Waals surface area contributed by atoms with Crippen molar-refractivity contribution in [1.29, 1.82) is 0 Å². The Labute approximate surface area is 96.1 Å². The molecular weight excluding hydrogens is 198 g/mol. The van der Waals surface area contributed by atoms with Crippen LogP contribution < -0.4 is 5.32 Å². The van der Waals surface area contributed by atoms with Crippen molar-refractivity contribution in [3.05, 3.63) is 54.1 Å². The number of nitrogens with one attached hydrogen (secondary N) is 1. The molecular formula is C13H17N3. The van der Waals surface area contributed by atoms with Gasteiger partial charge in [-0.25, -0.2) is 0 Å². The molecule has 2 aromatic rings. The first kappa shape index (κ1) is 10.9. The highest BCUT2D eigenvalue weighted by atomic mass is 14.9. The fourth-order valence-corrected chi connectivity index (χ4v) is 1.68. The zero-order valence-corrected chi connectivity index (χ0v) is 9.56. The zero-order chi connectivity index (χ0) is 11.2. The van der Waals surface area contributed by atoms with E-state index < -0.39 is 0 Å². The van der Waals surface area contributed by atoms with E-state index in [0.717, 1.165) is 19.5 Å². The SMILES string of the molecule is Cn1ccc(CNCCc2cccnc2)c1. The van der Waals surface area contributed by atoms with Gasteiger partial charge in [-0.05, 0) is 36.2 Å². The van der Waals surface area contributed by atoms with Gasteiger partial charge in [-0.3, -0.25) is 4.98 Å². The summed E-state index contributed by atoms with van der Waals surface area (Å²) in [6.45, 7) is 1.92. The Kier molecular flexibility index (Phi) is 3.72. The van der Waals surface area contributed by atoms with Crippen LogP contribution >= 0.6 is 0 Å². The highest BCUT2D eigenvalue weighted by Crippen LogP contribution is 1.99. The molecule has 0 amide bonds. The van der Waals surface area contributed by atoms with Crippen molar-refractivity contribution < 1.29 is 0 Å². The van der Waals surface area contributed by atoms with Crippen LogP contribution in [0.25, 0.3) is 0 Å². The Morgan fingerprint density at radius 1 is 1.31 bits per heavy atom. The normalized spacial score (nSPS) is 10.6. The summed E-state index contributed by atoms with van der Waals surface area (Å²) in [6, 6.07) is 6.22. The molecule has 0 saturated carbocycles. The summed E-state index contributed by atoms with van der Waals surface area (Å²) in [6.07, 6.45) is 8.96. The summed E-state index contributed by atoms with van der Waals surface area (Å²) in [5, 5.41) is 3.42. The van der Waals surface area contributed by atoms with Gasteiger partial charge in [-0.2, -0.15) is 0 Å². The Balaban J connectivity index is 1.69. The number of rotatable bonds is 5. The molecule has 0 radical (unpaired) electrons. The minimum Gasteiger partial charge on any atom is -0.357 e. The third-order valence-corrected chi connectivity index (χ3v) is 2.54. The van der Waals surface area contributed by atoms with Crippen molar-refractivity contribution in [2.45, 2.75) is 13.0 Å². The fraction of sp³-hybridized carbons (Fsp3) is 0.308. The lowest BCUT2D eigenvalue weighted by Crippen LogP contribution is -2.16. The van der Waals surface area contributed by atoms with E-state index in [1.165, 1.54) is 11.1 Å². The lowest BCUT2D eigenvalue weighted by molar-refractivity contribution is 0.685. The van der Waals surface area contributed by atoms with Gasteiger partial charge in [0.25, 0.3) is 0 Å². The molecule has 3 heteroatoms. The second-order valence-corrected chi connectivity index (χ2v) is 3.97. The van der Waals surface area contributed by atoms with Gasteiger partial charge in [0.05, 0.1) is 0 Å². The summed E-state index contributed by atoms with van der Waals surface area (Å²) in [7, 11) is 2.04. The second kappa shape index (κ2) is 5.47. The van der Waals surface area contributed by atoms with E-state index in [1.807, 2.05) is 19.3 Å². The van der Waals surface area contributed by atoms with E-state index >= 15 is 0 Å². The van der Waals surface area contributed by atoms with Crippen molar-refractivity contribution >= 4 is 0 Å². The van der Waals surface area contributed by atoms with Gasteiger partial charge in [-0.15, -0.1) is 0 Å². The summed E-state index contributed by atoms with van der Waals surface area (Å²) in [5.41, 5.74) is 2.61. The number of aromatic nitrogens is 2. The summed E-state index contributed by atoms with van der Waals surface area (Å²) in [4.78, 5) is 4.09. The monoisotopic (exact) mass is 215 g/mol. The third-order valence-electron chi connectivity index (χ3n) is 2.54. The number of hydrogen-bond donors (Lipinski definition) is 1. The molecule has 0 saturated heterocycles. The quantitative estimate of drug-likeness (QED) is 0.770. The van der Waals surface area contributed by atoms with E-state index in [-0.39, 0.29) is 0 Å². The molecule has 0 fully saturated rings. The minimum absolute atomic E-state index is 0.932. The molecule has 2 rings (SSSR count). The van der Waals surface area contributed by atoms with Crippen molar-refractivity contribution in [3.8, 4) is 0 Å². The minimum atomic E-state index is 0.932. The molecule has 0 unspecified atom stereocenters. The first-order chi connectivity index (χ1) is 7.84. The summed E-state index contributed by atoms with van der Waals surface area (Å²) in [5.74, 6) is 0. The highest BCUT2D eigenvalue weighted by Gasteiger charge is 1.95. The average Bonchev–Trinajstić information content (AvgIpc) is 2.72. The summed E-state index contributed by atoms with van der Waals surface area (Å²) < 4.78 is 2.07. The van der Waals surface area contributed by atoms with E-state index in [1.54, 1.807) is 6.20 Å². The van der Waals surface area contributed by atoms with E-state index in [2.05, 4.69) is 39.4 Å². The average molecular weight is 215 g/mol. The van der Waals surface area contributed by atoms with Crippen LogP contribution in [0.1, 0.15) is 11.1 Å². The van der Waals surface area contributed by atoms with Gasteiger partial charge in [0, 0.05) is 38.4 Å². The predicted octanol–water partition coefficient (Wildman–Crippen LogP) is 1.75. The molecule has 3 nitrogen and oxygen atoms in total. The zero-order valence-electron chi connectivity index (χ0n) is 9.56. The molecule has 84 valence electrons. The molecule has 0 spiro atoms. The Hall–Kier alpha value is -1.61. The summed E-state index contributed by atoms with van der Waals surface area (Å²) >= 11 is 0. The van der Waals surface area contributed by atoms with Crippen LogP contribution in [0.3, 0.4) is 0 Å². The molecule has 0 aliphatic heterocycles. The molecule has 2 heterocycles. The van der Waals surface area contributed by atoms with Crippen LogP contribution in [-0.2, 0) is 20.0 Å². The van der Waals surface area contributed by atoms with E-state index in [0.29, 0.717) is 0 Å². The smallest absolute Gasteiger partial charge is 0.0300 e. The number of aryl methyl sites for hydroxylation is 1. The van der Waals surface area contributed by atoms with Crippen molar-refractivity contribution in [2.75, 3.05) is 6.54 Å². The maximum Gasteiger partial charge on any atom is 0.0300 e. The number of hydrogen-bond acceptors (Lipinski definition) is 2. The van der Waals surface area contributed by atoms with Crippen molar-refractivity contribution in [2.24, 2.45) is 7.05 Å². The van der Waals surface area contributed by atoms with Gasteiger partial charge in [0.15, 0.2) is 0 Å². The van der Waals surface area contributed by atoms with Crippen molar-refractivity contribution in [3.63, 3.8) is 0 Å². The van der Waals surface area contributed by atoms with Crippen LogP contribution in [0, 0.1) is 0 Å². The van der Waals surface area contributed by atoms with Crippen LogP contribution in [0.5, 0.6) is 0 Å². The number of nitrogens with zero attached hydrogens (tertiary/aromatic N) is 2. The lowest BCUT2D eigenvalue weighted by Gasteiger charge is -2.03. The second-order valence-electron chi connectivity index (χ2n) is 3.97. The van der Waals surface area contributed by atoms with Crippen LogP contribution in [-0.4, -0.2) is 16.1 Å². The van der Waals surface area contributed by atoms with E-state index in [4.69, 9.17) is 0 Å². The Morgan fingerprint density at radius 3 is 2.94 bits per heavy atom. The van der Waals surface area contributed by atoms with Gasteiger partial charge in [-0.1, -0.05) is 6.07 Å². The largest absolute Gasteiger partial charge is 0.357 e. The first-order valence-electron chi connectivity index (χ1n) is 5.55. The molecule has 2 aromatic heterocycles. The molecule has 0 aliphatic rings. The standard InChI is InChI=1S/C13H17N3/c1-16-8-5-13(11-16)10-15-7-4-12-3-2-6-14-9-12/h2-3,5-6,8-9,11,15H,4,7,10H2,1H3. The molecule has 1 N–H and O–H groups in total. The third kappa shape index (κ3) is 3.21. The van der Waals surface area contributed by atoms with Gasteiger partial charge >= 0.3 is 0 Å².